The summed E-state index contributed by atoms with van der Waals surface area (Å²) < 4.78 is 11.5. The van der Waals surface area contributed by atoms with Gasteiger partial charge in [-0.3, -0.25) is 0 Å². The van der Waals surface area contributed by atoms with Gasteiger partial charge < -0.3 is 9.47 Å². The number of hydrogen-bond acceptors (Lipinski definition) is 2. The zero-order chi connectivity index (χ0) is 13.9. The Hall–Kier alpha value is -2.22. The van der Waals surface area contributed by atoms with E-state index in [1.54, 1.807) is 0 Å². The predicted octanol–water partition coefficient (Wildman–Crippen LogP) is 4.79. The van der Waals surface area contributed by atoms with Crippen LogP contribution in [0.1, 0.15) is 13.8 Å². The third-order valence-corrected chi connectivity index (χ3v) is 3.39. The first-order valence-corrected chi connectivity index (χ1v) is 7.04. The van der Waals surface area contributed by atoms with E-state index in [4.69, 9.17) is 9.47 Å². The molecule has 0 saturated heterocycles. The standard InChI is InChI=1S/C18H18O2/c1-3-19-17-10-9-15-11-13-7-5-6-8-14(13)12-16(15)18(17)20-4-2/h5-12H,3-4H2,1-2H3. The lowest BCUT2D eigenvalue weighted by atomic mass is 10.0. The molecule has 0 saturated carbocycles. The molecule has 0 aromatic heterocycles. The molecular formula is C18H18O2. The summed E-state index contributed by atoms with van der Waals surface area (Å²) in [6, 6.07) is 16.8. The summed E-state index contributed by atoms with van der Waals surface area (Å²) in [5, 5.41) is 4.74. The van der Waals surface area contributed by atoms with Crippen LogP contribution in [0.5, 0.6) is 11.5 Å². The molecule has 2 heteroatoms. The van der Waals surface area contributed by atoms with Gasteiger partial charge in [-0.05, 0) is 48.2 Å². The highest BCUT2D eigenvalue weighted by atomic mass is 16.5. The van der Waals surface area contributed by atoms with Crippen molar-refractivity contribution in [1.29, 1.82) is 0 Å². The Morgan fingerprint density at radius 1 is 0.750 bits per heavy atom. The first-order valence-electron chi connectivity index (χ1n) is 7.04. The first kappa shape index (κ1) is 12.8. The number of ether oxygens (including phenoxy) is 2. The van der Waals surface area contributed by atoms with E-state index < -0.39 is 0 Å². The van der Waals surface area contributed by atoms with Gasteiger partial charge in [-0.15, -0.1) is 0 Å². The van der Waals surface area contributed by atoms with Crippen LogP contribution in [0.2, 0.25) is 0 Å². The number of hydrogen-bond donors (Lipinski definition) is 0. The summed E-state index contributed by atoms with van der Waals surface area (Å²) >= 11 is 0. The maximum absolute atomic E-state index is 5.83. The molecule has 3 aromatic rings. The fourth-order valence-corrected chi connectivity index (χ4v) is 2.53. The Morgan fingerprint density at radius 2 is 1.45 bits per heavy atom. The van der Waals surface area contributed by atoms with Crippen LogP contribution in [0.4, 0.5) is 0 Å². The Balaban J connectivity index is 2.30. The van der Waals surface area contributed by atoms with E-state index in [9.17, 15) is 0 Å². The van der Waals surface area contributed by atoms with E-state index in [0.29, 0.717) is 13.2 Å². The van der Waals surface area contributed by atoms with Gasteiger partial charge in [0.15, 0.2) is 11.5 Å². The van der Waals surface area contributed by atoms with Gasteiger partial charge in [0.2, 0.25) is 0 Å². The molecule has 0 radical (unpaired) electrons. The van der Waals surface area contributed by atoms with Crippen molar-refractivity contribution in [3.63, 3.8) is 0 Å². The highest BCUT2D eigenvalue weighted by molar-refractivity contribution is 6.01. The molecule has 102 valence electrons. The van der Waals surface area contributed by atoms with Gasteiger partial charge in [0, 0.05) is 5.39 Å². The van der Waals surface area contributed by atoms with Crippen LogP contribution in [0, 0.1) is 0 Å². The predicted molar refractivity (Wildman–Crippen MR) is 83.8 cm³/mol. The minimum absolute atomic E-state index is 0.631. The molecule has 0 aliphatic carbocycles. The zero-order valence-corrected chi connectivity index (χ0v) is 11.8. The van der Waals surface area contributed by atoms with E-state index in [0.717, 1.165) is 16.9 Å². The van der Waals surface area contributed by atoms with Gasteiger partial charge in [0.1, 0.15) is 0 Å². The molecule has 0 aliphatic rings. The van der Waals surface area contributed by atoms with E-state index in [2.05, 4.69) is 42.5 Å². The maximum atomic E-state index is 5.83. The molecule has 0 N–H and O–H groups in total. The Bertz CT molecular complexity index is 747. The summed E-state index contributed by atoms with van der Waals surface area (Å²) in [6.07, 6.45) is 0. The summed E-state index contributed by atoms with van der Waals surface area (Å²) in [7, 11) is 0. The minimum Gasteiger partial charge on any atom is -0.490 e. The smallest absolute Gasteiger partial charge is 0.168 e. The summed E-state index contributed by atoms with van der Waals surface area (Å²) in [5.74, 6) is 1.66. The third kappa shape index (κ3) is 2.18. The van der Waals surface area contributed by atoms with Crippen LogP contribution in [0.15, 0.2) is 48.5 Å². The Morgan fingerprint density at radius 3 is 2.15 bits per heavy atom. The minimum atomic E-state index is 0.631. The van der Waals surface area contributed by atoms with Crippen molar-refractivity contribution in [2.75, 3.05) is 13.2 Å². The lowest BCUT2D eigenvalue weighted by molar-refractivity contribution is 0.291. The largest absolute Gasteiger partial charge is 0.490 e. The van der Waals surface area contributed by atoms with Crippen LogP contribution >= 0.6 is 0 Å². The van der Waals surface area contributed by atoms with E-state index in [1.165, 1.54) is 16.2 Å². The number of fused-ring (bicyclic) bond motifs is 2. The van der Waals surface area contributed by atoms with Crippen LogP contribution < -0.4 is 9.47 Å². The molecule has 2 nitrogen and oxygen atoms in total. The average Bonchev–Trinajstić information content (AvgIpc) is 2.48. The van der Waals surface area contributed by atoms with Gasteiger partial charge in [0.25, 0.3) is 0 Å². The third-order valence-electron chi connectivity index (χ3n) is 3.39. The van der Waals surface area contributed by atoms with Gasteiger partial charge >= 0.3 is 0 Å². The van der Waals surface area contributed by atoms with Crippen molar-refractivity contribution in [3.8, 4) is 11.5 Å². The van der Waals surface area contributed by atoms with E-state index in [-0.39, 0.29) is 0 Å². The lowest BCUT2D eigenvalue weighted by Gasteiger charge is -2.14. The van der Waals surface area contributed by atoms with Crippen molar-refractivity contribution in [1.82, 2.24) is 0 Å². The van der Waals surface area contributed by atoms with Crippen LogP contribution in [0.3, 0.4) is 0 Å². The molecule has 20 heavy (non-hydrogen) atoms. The van der Waals surface area contributed by atoms with Crippen molar-refractivity contribution in [2.24, 2.45) is 0 Å². The second-order valence-electron chi connectivity index (χ2n) is 4.68. The summed E-state index contributed by atoms with van der Waals surface area (Å²) in [6.45, 7) is 5.25. The second kappa shape index (κ2) is 5.41. The van der Waals surface area contributed by atoms with Crippen LogP contribution in [0.25, 0.3) is 21.5 Å². The average molecular weight is 266 g/mol. The van der Waals surface area contributed by atoms with Crippen LogP contribution in [-0.4, -0.2) is 13.2 Å². The molecule has 3 aromatic carbocycles. The molecule has 0 bridgehead atoms. The van der Waals surface area contributed by atoms with E-state index in [1.807, 2.05) is 19.9 Å². The molecule has 0 unspecified atom stereocenters. The Labute approximate surface area is 118 Å². The van der Waals surface area contributed by atoms with Crippen molar-refractivity contribution in [2.45, 2.75) is 13.8 Å². The molecule has 0 aliphatic heterocycles. The molecule has 0 spiro atoms. The highest BCUT2D eigenvalue weighted by Gasteiger charge is 2.10. The normalized spacial score (nSPS) is 10.9. The van der Waals surface area contributed by atoms with Crippen molar-refractivity contribution < 1.29 is 9.47 Å². The molecule has 0 heterocycles. The lowest BCUT2D eigenvalue weighted by Crippen LogP contribution is -1.99. The SMILES string of the molecule is CCOc1ccc2cc3ccccc3cc2c1OCC. The zero-order valence-electron chi connectivity index (χ0n) is 11.8. The first-order chi connectivity index (χ1) is 9.83. The number of benzene rings is 3. The molecular weight excluding hydrogens is 248 g/mol. The van der Waals surface area contributed by atoms with Gasteiger partial charge in [-0.1, -0.05) is 30.3 Å². The second-order valence-corrected chi connectivity index (χ2v) is 4.68. The monoisotopic (exact) mass is 266 g/mol. The van der Waals surface area contributed by atoms with Crippen LogP contribution in [-0.2, 0) is 0 Å². The van der Waals surface area contributed by atoms with E-state index >= 15 is 0 Å². The number of rotatable bonds is 4. The quantitative estimate of drug-likeness (QED) is 0.632. The van der Waals surface area contributed by atoms with Crippen molar-refractivity contribution >= 4 is 21.5 Å². The summed E-state index contributed by atoms with van der Waals surface area (Å²) in [4.78, 5) is 0. The topological polar surface area (TPSA) is 18.5 Å². The highest BCUT2D eigenvalue weighted by Crippen LogP contribution is 2.37. The summed E-state index contributed by atoms with van der Waals surface area (Å²) in [5.41, 5.74) is 0. The Kier molecular flexibility index (Phi) is 3.46. The fourth-order valence-electron chi connectivity index (χ4n) is 2.53. The van der Waals surface area contributed by atoms with Gasteiger partial charge in [-0.25, -0.2) is 0 Å². The molecule has 0 fully saturated rings. The molecule has 0 atom stereocenters. The van der Waals surface area contributed by atoms with Gasteiger partial charge in [0.05, 0.1) is 13.2 Å². The fraction of sp³-hybridized carbons (Fsp3) is 0.222. The molecule has 3 rings (SSSR count). The van der Waals surface area contributed by atoms with Crippen molar-refractivity contribution in [3.05, 3.63) is 48.5 Å². The molecule has 0 amide bonds. The maximum Gasteiger partial charge on any atom is 0.168 e. The van der Waals surface area contributed by atoms with Gasteiger partial charge in [-0.2, -0.15) is 0 Å².